The molecule has 9 heteroatoms. The number of aromatic nitrogens is 2. The number of carbonyl (C=O) groups excluding carboxylic acids is 1. The third kappa shape index (κ3) is 5.29. The Hall–Kier alpha value is -2.77. The van der Waals surface area contributed by atoms with E-state index in [1.807, 2.05) is 13.1 Å². The fourth-order valence-corrected chi connectivity index (χ4v) is 3.84. The van der Waals surface area contributed by atoms with Gasteiger partial charge in [0.25, 0.3) is 0 Å². The molecule has 2 atom stereocenters. The molecule has 8 nitrogen and oxygen atoms in total. The van der Waals surface area contributed by atoms with Crippen LogP contribution in [0.1, 0.15) is 58.0 Å². The van der Waals surface area contributed by atoms with Crippen LogP contribution in [0.25, 0.3) is 0 Å². The van der Waals surface area contributed by atoms with E-state index in [0.29, 0.717) is 23.2 Å². The first-order chi connectivity index (χ1) is 14.8. The van der Waals surface area contributed by atoms with Crippen molar-refractivity contribution in [2.24, 2.45) is 5.92 Å². The number of hydrogen-bond donors (Lipinski definition) is 2. The van der Waals surface area contributed by atoms with Crippen LogP contribution in [0.15, 0.2) is 24.5 Å². The highest BCUT2D eigenvalue weighted by Gasteiger charge is 2.28. The minimum atomic E-state index is -1.42. The monoisotopic (exact) mass is 427 g/mol. The molecule has 0 spiro atoms. The molecule has 0 saturated carbocycles. The largest absolute Gasteiger partial charge is 0.388 e. The van der Waals surface area contributed by atoms with Crippen molar-refractivity contribution >= 4 is 6.29 Å². The van der Waals surface area contributed by atoms with Crippen molar-refractivity contribution in [2.75, 3.05) is 27.2 Å². The lowest BCUT2D eigenvalue weighted by Crippen LogP contribution is -2.33. The number of hydrogen-bond acceptors (Lipinski definition) is 8. The molecule has 1 aliphatic heterocycles. The lowest BCUT2D eigenvalue weighted by Gasteiger charge is -2.32. The number of rotatable bonds is 7. The van der Waals surface area contributed by atoms with Crippen LogP contribution in [0.4, 0.5) is 4.39 Å². The van der Waals surface area contributed by atoms with Gasteiger partial charge in [-0.2, -0.15) is 5.26 Å². The first-order valence-electron chi connectivity index (χ1n) is 10.1. The molecule has 1 fully saturated rings. The number of benzene rings is 1. The molecular weight excluding hydrogens is 401 g/mol. The number of aldehydes is 1. The lowest BCUT2D eigenvalue weighted by molar-refractivity contribution is 0.0102. The fourth-order valence-electron chi connectivity index (χ4n) is 3.84. The van der Waals surface area contributed by atoms with Gasteiger partial charge in [0.15, 0.2) is 6.29 Å². The van der Waals surface area contributed by atoms with Crippen LogP contribution in [-0.4, -0.2) is 63.5 Å². The lowest BCUT2D eigenvalue weighted by atomic mass is 9.86. The molecule has 1 saturated heterocycles. The summed E-state index contributed by atoms with van der Waals surface area (Å²) in [4.78, 5) is 23.3. The van der Waals surface area contributed by atoms with Crippen molar-refractivity contribution in [3.8, 4) is 6.07 Å². The predicted molar refractivity (Wildman–Crippen MR) is 110 cm³/mol. The number of aliphatic hydroxyl groups is 2. The van der Waals surface area contributed by atoms with E-state index in [1.165, 1.54) is 29.4 Å². The summed E-state index contributed by atoms with van der Waals surface area (Å²) in [6.07, 6.45) is 2.48. The van der Waals surface area contributed by atoms with Gasteiger partial charge < -0.3 is 15.1 Å². The molecule has 2 N–H and O–H groups in total. The van der Waals surface area contributed by atoms with Gasteiger partial charge in [-0.1, -0.05) is 0 Å². The maximum absolute atomic E-state index is 15.0. The zero-order valence-corrected chi connectivity index (χ0v) is 17.6. The minimum Gasteiger partial charge on any atom is -0.388 e. The third-order valence-corrected chi connectivity index (χ3v) is 5.76. The van der Waals surface area contributed by atoms with E-state index in [0.717, 1.165) is 25.9 Å². The van der Waals surface area contributed by atoms with E-state index in [9.17, 15) is 15.0 Å². The number of nitriles is 1. The van der Waals surface area contributed by atoms with Crippen LogP contribution in [-0.2, 0) is 6.54 Å². The molecule has 0 unspecified atom stereocenters. The molecule has 2 heterocycles. The van der Waals surface area contributed by atoms with Crippen molar-refractivity contribution in [3.63, 3.8) is 0 Å². The number of carbonyl (C=O) groups is 1. The molecule has 0 bridgehead atoms. The van der Waals surface area contributed by atoms with Gasteiger partial charge in [0.2, 0.25) is 0 Å². The second-order valence-corrected chi connectivity index (χ2v) is 8.00. The van der Waals surface area contributed by atoms with E-state index in [1.54, 1.807) is 7.05 Å². The van der Waals surface area contributed by atoms with Gasteiger partial charge in [-0.25, -0.2) is 14.4 Å². The molecule has 0 amide bonds. The summed E-state index contributed by atoms with van der Waals surface area (Å²) < 4.78 is 15.0. The molecular formula is C22H26FN5O3. The first-order valence-corrected chi connectivity index (χ1v) is 10.1. The maximum atomic E-state index is 15.0. The predicted octanol–water partition coefficient (Wildman–Crippen LogP) is 1.80. The van der Waals surface area contributed by atoms with Crippen LogP contribution in [0.3, 0.4) is 0 Å². The topological polar surface area (TPSA) is 114 Å². The smallest absolute Gasteiger partial charge is 0.150 e. The molecule has 2 aromatic rings. The van der Waals surface area contributed by atoms with Gasteiger partial charge in [0.1, 0.15) is 23.9 Å². The number of likely N-dealkylation sites (tertiary alicyclic amines) is 1. The van der Waals surface area contributed by atoms with E-state index in [-0.39, 0.29) is 23.6 Å². The highest BCUT2D eigenvalue weighted by Crippen LogP contribution is 2.33. The molecule has 1 aromatic heterocycles. The van der Waals surface area contributed by atoms with E-state index >= 15 is 4.39 Å². The van der Waals surface area contributed by atoms with Crippen LogP contribution in [0.2, 0.25) is 0 Å². The standard InChI is InChI=1S/C22H26FN5O3/c1-27-5-3-15(4-6-27)21(30)16-7-17(13-29)20(18(23)8-16)22(31)28(2)12-19-25-10-14(9-24)11-26-19/h7-8,10-11,13,15,21-22,30-31H,3-6,12H2,1-2H3/t21-,22+/m0/s1. The second kappa shape index (κ2) is 10.0. The Bertz CT molecular complexity index is 955. The molecule has 0 aliphatic carbocycles. The Morgan fingerprint density at radius 1 is 1.32 bits per heavy atom. The number of aliphatic hydroxyl groups excluding tert-OH is 2. The van der Waals surface area contributed by atoms with E-state index in [4.69, 9.17) is 5.26 Å². The van der Waals surface area contributed by atoms with Crippen LogP contribution < -0.4 is 0 Å². The normalized spacial score (nSPS) is 17.3. The van der Waals surface area contributed by atoms with Gasteiger partial charge in [0, 0.05) is 23.5 Å². The van der Waals surface area contributed by atoms with E-state index in [2.05, 4.69) is 14.9 Å². The summed E-state index contributed by atoms with van der Waals surface area (Å²) in [6, 6.07) is 4.56. The van der Waals surface area contributed by atoms with Crippen LogP contribution in [0, 0.1) is 23.1 Å². The van der Waals surface area contributed by atoms with Gasteiger partial charge in [-0.15, -0.1) is 0 Å². The molecule has 0 radical (unpaired) electrons. The highest BCUT2D eigenvalue weighted by atomic mass is 19.1. The van der Waals surface area contributed by atoms with E-state index < -0.39 is 18.1 Å². The minimum absolute atomic E-state index is 0.0120. The molecule has 31 heavy (non-hydrogen) atoms. The molecule has 164 valence electrons. The first kappa shape index (κ1) is 22.9. The van der Waals surface area contributed by atoms with Crippen molar-refractivity contribution in [3.05, 3.63) is 58.4 Å². The number of nitrogens with zero attached hydrogens (tertiary/aromatic N) is 5. The van der Waals surface area contributed by atoms with Crippen molar-refractivity contribution in [2.45, 2.75) is 31.7 Å². The van der Waals surface area contributed by atoms with Crippen molar-refractivity contribution in [1.29, 1.82) is 5.26 Å². The Balaban J connectivity index is 1.79. The maximum Gasteiger partial charge on any atom is 0.150 e. The molecule has 3 rings (SSSR count). The summed E-state index contributed by atoms with van der Waals surface area (Å²) in [5.41, 5.74) is 0.468. The number of piperidine rings is 1. The summed E-state index contributed by atoms with van der Waals surface area (Å²) >= 11 is 0. The Morgan fingerprint density at radius 2 is 1.97 bits per heavy atom. The highest BCUT2D eigenvalue weighted by molar-refractivity contribution is 5.78. The zero-order chi connectivity index (χ0) is 22.5. The van der Waals surface area contributed by atoms with Gasteiger partial charge in [0.05, 0.1) is 18.2 Å². The number of halogens is 1. The van der Waals surface area contributed by atoms with Gasteiger partial charge in [-0.05, 0) is 63.6 Å². The van der Waals surface area contributed by atoms with Crippen LogP contribution in [0.5, 0.6) is 0 Å². The summed E-state index contributed by atoms with van der Waals surface area (Å²) in [5, 5.41) is 30.3. The SMILES string of the molecule is CN1CCC([C@H](O)c2cc(F)c([C@@H](O)N(C)Cc3ncc(C#N)cn3)c(C=O)c2)CC1. The van der Waals surface area contributed by atoms with Crippen molar-refractivity contribution in [1.82, 2.24) is 19.8 Å². The molecule has 1 aliphatic rings. The second-order valence-electron chi connectivity index (χ2n) is 8.00. The fraction of sp³-hybridized carbons (Fsp3) is 0.455. The average molecular weight is 427 g/mol. The molecule has 1 aromatic carbocycles. The Morgan fingerprint density at radius 3 is 2.55 bits per heavy atom. The van der Waals surface area contributed by atoms with Crippen LogP contribution >= 0.6 is 0 Å². The Kier molecular flexibility index (Phi) is 7.41. The summed E-state index contributed by atoms with van der Waals surface area (Å²) in [6.45, 7) is 1.78. The third-order valence-electron chi connectivity index (χ3n) is 5.76. The summed E-state index contributed by atoms with van der Waals surface area (Å²) in [5.74, 6) is -0.434. The quantitative estimate of drug-likeness (QED) is 0.508. The Labute approximate surface area is 180 Å². The zero-order valence-electron chi connectivity index (χ0n) is 17.6. The summed E-state index contributed by atoms with van der Waals surface area (Å²) in [7, 11) is 3.56. The average Bonchev–Trinajstić information content (AvgIpc) is 2.78. The van der Waals surface area contributed by atoms with Gasteiger partial charge >= 0.3 is 0 Å². The van der Waals surface area contributed by atoms with Gasteiger partial charge in [-0.3, -0.25) is 9.69 Å². The van der Waals surface area contributed by atoms with Crippen molar-refractivity contribution < 1.29 is 19.4 Å².